The SMILES string of the molecule is C=CCc1ccccc1OC(=Nc1ccccc1)c1ccccc1. The number of rotatable bonds is 5. The molecule has 0 aliphatic carbocycles. The first-order valence-electron chi connectivity index (χ1n) is 7.92. The summed E-state index contributed by atoms with van der Waals surface area (Å²) < 4.78 is 6.19. The van der Waals surface area contributed by atoms with Gasteiger partial charge in [-0.25, -0.2) is 4.99 Å². The molecule has 3 rings (SSSR count). The Hall–Kier alpha value is -3.13. The summed E-state index contributed by atoms with van der Waals surface area (Å²) in [7, 11) is 0. The first-order chi connectivity index (χ1) is 11.9. The minimum atomic E-state index is 0.582. The molecule has 0 N–H and O–H groups in total. The number of nitrogens with zero attached hydrogens (tertiary/aromatic N) is 1. The lowest BCUT2D eigenvalue weighted by Gasteiger charge is -2.12. The standard InChI is InChI=1S/C22H19NO/c1-2-11-18-12-9-10-17-21(18)24-22(19-13-5-3-6-14-19)23-20-15-7-4-8-16-20/h2-10,12-17H,1,11H2. The normalized spacial score (nSPS) is 11.1. The van der Waals surface area contributed by atoms with E-state index in [2.05, 4.69) is 6.58 Å². The second-order valence-electron chi connectivity index (χ2n) is 5.32. The second-order valence-corrected chi connectivity index (χ2v) is 5.32. The Morgan fingerprint density at radius 3 is 2.17 bits per heavy atom. The van der Waals surface area contributed by atoms with Gasteiger partial charge in [0.25, 0.3) is 0 Å². The fraction of sp³-hybridized carbons (Fsp3) is 0.0455. The second kappa shape index (κ2) is 7.93. The Morgan fingerprint density at radius 2 is 1.46 bits per heavy atom. The highest BCUT2D eigenvalue weighted by Gasteiger charge is 2.09. The maximum absolute atomic E-state index is 6.19. The quantitative estimate of drug-likeness (QED) is 0.343. The highest BCUT2D eigenvalue weighted by atomic mass is 16.5. The summed E-state index contributed by atoms with van der Waals surface area (Å²) in [4.78, 5) is 4.69. The molecule has 0 fully saturated rings. The minimum absolute atomic E-state index is 0.582. The molecule has 118 valence electrons. The predicted octanol–water partition coefficient (Wildman–Crippen LogP) is 5.57. The molecule has 0 spiro atoms. The Kier molecular flexibility index (Phi) is 5.21. The summed E-state index contributed by atoms with van der Waals surface area (Å²) in [5.41, 5.74) is 2.89. The molecular formula is C22H19NO. The highest BCUT2D eigenvalue weighted by Crippen LogP contribution is 2.22. The summed E-state index contributed by atoms with van der Waals surface area (Å²) in [6.07, 6.45) is 2.63. The van der Waals surface area contributed by atoms with Gasteiger partial charge in [0.2, 0.25) is 5.90 Å². The zero-order chi connectivity index (χ0) is 16.6. The summed E-state index contributed by atoms with van der Waals surface area (Å²) in [5, 5.41) is 0. The van der Waals surface area contributed by atoms with Gasteiger partial charge in [0.1, 0.15) is 5.75 Å². The fourth-order valence-electron chi connectivity index (χ4n) is 2.38. The van der Waals surface area contributed by atoms with Crippen molar-refractivity contribution in [1.82, 2.24) is 0 Å². The van der Waals surface area contributed by atoms with Gasteiger partial charge in [0.05, 0.1) is 5.69 Å². The number of para-hydroxylation sites is 2. The zero-order valence-corrected chi connectivity index (χ0v) is 13.4. The lowest BCUT2D eigenvalue weighted by Crippen LogP contribution is -2.11. The molecule has 0 bridgehead atoms. The van der Waals surface area contributed by atoms with Gasteiger partial charge in [0, 0.05) is 5.56 Å². The molecule has 0 unspecified atom stereocenters. The predicted molar refractivity (Wildman–Crippen MR) is 100 cm³/mol. The molecule has 0 saturated heterocycles. The molecule has 3 aromatic carbocycles. The van der Waals surface area contributed by atoms with E-state index in [1.165, 1.54) is 0 Å². The van der Waals surface area contributed by atoms with E-state index in [0.29, 0.717) is 5.90 Å². The Morgan fingerprint density at radius 1 is 0.833 bits per heavy atom. The molecule has 0 aliphatic heterocycles. The maximum Gasteiger partial charge on any atom is 0.227 e. The van der Waals surface area contributed by atoms with Crippen molar-refractivity contribution >= 4 is 11.6 Å². The Bertz CT molecular complexity index is 823. The molecule has 0 aliphatic rings. The number of benzene rings is 3. The van der Waals surface area contributed by atoms with Crippen molar-refractivity contribution in [3.05, 3.63) is 109 Å². The van der Waals surface area contributed by atoms with E-state index in [1.807, 2.05) is 91.0 Å². The number of allylic oxidation sites excluding steroid dienone is 1. The molecule has 0 radical (unpaired) electrons. The van der Waals surface area contributed by atoms with Gasteiger partial charge < -0.3 is 4.74 Å². The Balaban J connectivity index is 2.00. The third-order valence-corrected chi connectivity index (χ3v) is 3.55. The monoisotopic (exact) mass is 313 g/mol. The van der Waals surface area contributed by atoms with Crippen LogP contribution in [0.5, 0.6) is 5.75 Å². The molecule has 0 saturated carbocycles. The van der Waals surface area contributed by atoms with E-state index < -0.39 is 0 Å². The van der Waals surface area contributed by atoms with Gasteiger partial charge in [-0.3, -0.25) is 0 Å². The van der Waals surface area contributed by atoms with Crippen LogP contribution in [0.1, 0.15) is 11.1 Å². The van der Waals surface area contributed by atoms with Crippen molar-refractivity contribution in [1.29, 1.82) is 0 Å². The van der Waals surface area contributed by atoms with Gasteiger partial charge in [-0.2, -0.15) is 0 Å². The smallest absolute Gasteiger partial charge is 0.227 e. The number of aliphatic imine (C=N–C) groups is 1. The topological polar surface area (TPSA) is 21.6 Å². The van der Waals surface area contributed by atoms with Crippen LogP contribution in [0.25, 0.3) is 0 Å². The van der Waals surface area contributed by atoms with Gasteiger partial charge >= 0.3 is 0 Å². The number of hydrogen-bond acceptors (Lipinski definition) is 2. The molecule has 0 atom stereocenters. The zero-order valence-electron chi connectivity index (χ0n) is 13.4. The van der Waals surface area contributed by atoms with Crippen molar-refractivity contribution in [2.45, 2.75) is 6.42 Å². The Labute approximate surface area is 142 Å². The summed E-state index contributed by atoms with van der Waals surface area (Å²) >= 11 is 0. The van der Waals surface area contributed by atoms with Crippen LogP contribution in [0, 0.1) is 0 Å². The molecule has 2 heteroatoms. The van der Waals surface area contributed by atoms with Crippen LogP contribution in [0.15, 0.2) is 103 Å². The van der Waals surface area contributed by atoms with Crippen LogP contribution in [0.3, 0.4) is 0 Å². The van der Waals surface area contributed by atoms with Gasteiger partial charge in [-0.05, 0) is 42.3 Å². The van der Waals surface area contributed by atoms with Gasteiger partial charge in [0.15, 0.2) is 0 Å². The third kappa shape index (κ3) is 3.99. The highest BCUT2D eigenvalue weighted by molar-refractivity contribution is 5.97. The first kappa shape index (κ1) is 15.8. The summed E-state index contributed by atoms with van der Waals surface area (Å²) in [6.45, 7) is 3.82. The van der Waals surface area contributed by atoms with Gasteiger partial charge in [-0.1, -0.05) is 60.7 Å². The average molecular weight is 313 g/mol. The fourth-order valence-corrected chi connectivity index (χ4v) is 2.38. The third-order valence-electron chi connectivity index (χ3n) is 3.55. The van der Waals surface area contributed by atoms with E-state index >= 15 is 0 Å². The van der Waals surface area contributed by atoms with Crippen LogP contribution >= 0.6 is 0 Å². The van der Waals surface area contributed by atoms with E-state index in [4.69, 9.17) is 9.73 Å². The first-order valence-corrected chi connectivity index (χ1v) is 7.92. The molecule has 0 aromatic heterocycles. The van der Waals surface area contributed by atoms with E-state index in [0.717, 1.165) is 29.0 Å². The van der Waals surface area contributed by atoms with Crippen LogP contribution in [-0.4, -0.2) is 5.90 Å². The number of hydrogen-bond donors (Lipinski definition) is 0. The van der Waals surface area contributed by atoms with Crippen LogP contribution in [0.4, 0.5) is 5.69 Å². The van der Waals surface area contributed by atoms with Gasteiger partial charge in [-0.15, -0.1) is 6.58 Å². The molecule has 3 aromatic rings. The summed E-state index contributed by atoms with van der Waals surface area (Å²) in [6, 6.07) is 27.7. The maximum atomic E-state index is 6.19. The molecule has 0 heterocycles. The van der Waals surface area contributed by atoms with Crippen molar-refractivity contribution in [3.8, 4) is 5.75 Å². The molecule has 0 amide bonds. The largest absolute Gasteiger partial charge is 0.438 e. The minimum Gasteiger partial charge on any atom is -0.438 e. The van der Waals surface area contributed by atoms with E-state index in [-0.39, 0.29) is 0 Å². The lowest BCUT2D eigenvalue weighted by molar-refractivity contribution is 0.546. The lowest BCUT2D eigenvalue weighted by atomic mass is 10.1. The van der Waals surface area contributed by atoms with Crippen molar-refractivity contribution in [2.24, 2.45) is 4.99 Å². The van der Waals surface area contributed by atoms with Crippen LogP contribution < -0.4 is 4.74 Å². The molecule has 24 heavy (non-hydrogen) atoms. The van der Waals surface area contributed by atoms with Crippen molar-refractivity contribution < 1.29 is 4.74 Å². The van der Waals surface area contributed by atoms with Crippen molar-refractivity contribution in [2.75, 3.05) is 0 Å². The van der Waals surface area contributed by atoms with Crippen molar-refractivity contribution in [3.63, 3.8) is 0 Å². The number of ether oxygens (including phenoxy) is 1. The van der Waals surface area contributed by atoms with Crippen LogP contribution in [0.2, 0.25) is 0 Å². The van der Waals surface area contributed by atoms with Crippen LogP contribution in [-0.2, 0) is 6.42 Å². The summed E-state index contributed by atoms with van der Waals surface area (Å²) in [5.74, 6) is 1.38. The average Bonchev–Trinajstić information content (AvgIpc) is 2.64. The molecular weight excluding hydrogens is 294 g/mol. The van der Waals surface area contributed by atoms with E-state index in [1.54, 1.807) is 0 Å². The van der Waals surface area contributed by atoms with E-state index in [9.17, 15) is 0 Å². The molecule has 2 nitrogen and oxygen atoms in total.